The number of hydrogen-bond acceptors (Lipinski definition) is 3. The Balaban J connectivity index is 2.84. The fraction of sp³-hybridized carbons (Fsp3) is 1.00. The lowest BCUT2D eigenvalue weighted by atomic mass is 9.80. The predicted molar refractivity (Wildman–Crippen MR) is 72.9 cm³/mol. The standard InChI is InChI=1S/C13H27NO2S/c1-5-6-7-17(15,16)13-11(3)8-10(2)9-12(13)14-4/h10-14H,5-9H2,1-4H3. The predicted octanol–water partition coefficient (Wildman–Crippen LogP) is 2.22. The highest BCUT2D eigenvalue weighted by atomic mass is 32.2. The molecule has 3 nitrogen and oxygen atoms in total. The fourth-order valence-corrected chi connectivity index (χ4v) is 5.73. The molecule has 102 valence electrons. The lowest BCUT2D eigenvalue weighted by Gasteiger charge is -2.39. The molecule has 0 spiro atoms. The monoisotopic (exact) mass is 261 g/mol. The van der Waals surface area contributed by atoms with E-state index in [2.05, 4.69) is 19.2 Å². The van der Waals surface area contributed by atoms with Crippen LogP contribution in [0.4, 0.5) is 0 Å². The highest BCUT2D eigenvalue weighted by Crippen LogP contribution is 2.33. The Labute approximate surface area is 106 Å². The second kappa shape index (κ2) is 6.19. The molecule has 0 amide bonds. The number of rotatable bonds is 5. The van der Waals surface area contributed by atoms with Crippen molar-refractivity contribution in [2.24, 2.45) is 11.8 Å². The van der Waals surface area contributed by atoms with Crippen LogP contribution < -0.4 is 5.32 Å². The first-order valence-electron chi connectivity index (χ1n) is 6.81. The fourth-order valence-electron chi connectivity index (χ4n) is 3.20. The minimum absolute atomic E-state index is 0.135. The molecule has 4 atom stereocenters. The summed E-state index contributed by atoms with van der Waals surface area (Å²) in [5, 5.41) is 3.03. The van der Waals surface area contributed by atoms with Crippen molar-refractivity contribution in [2.45, 2.75) is 57.7 Å². The second-order valence-corrected chi connectivity index (χ2v) is 7.91. The van der Waals surface area contributed by atoms with Gasteiger partial charge in [-0.15, -0.1) is 0 Å². The molecular formula is C13H27NO2S. The van der Waals surface area contributed by atoms with Crippen molar-refractivity contribution in [1.82, 2.24) is 5.32 Å². The molecule has 0 aromatic heterocycles. The average molecular weight is 261 g/mol. The van der Waals surface area contributed by atoms with Crippen LogP contribution in [0.15, 0.2) is 0 Å². The SMILES string of the molecule is CCCCS(=O)(=O)C1C(C)CC(C)CC1NC. The van der Waals surface area contributed by atoms with Gasteiger partial charge in [0, 0.05) is 6.04 Å². The van der Waals surface area contributed by atoms with Gasteiger partial charge in [-0.1, -0.05) is 27.2 Å². The molecular weight excluding hydrogens is 234 g/mol. The lowest BCUT2D eigenvalue weighted by molar-refractivity contribution is 0.249. The molecule has 0 aromatic rings. The molecule has 0 heterocycles. The van der Waals surface area contributed by atoms with Gasteiger partial charge in [0.2, 0.25) is 0 Å². The van der Waals surface area contributed by atoms with E-state index in [-0.39, 0.29) is 17.2 Å². The summed E-state index contributed by atoms with van der Waals surface area (Å²) in [6.07, 6.45) is 3.75. The Morgan fingerprint density at radius 3 is 2.41 bits per heavy atom. The van der Waals surface area contributed by atoms with E-state index in [4.69, 9.17) is 0 Å². The maximum absolute atomic E-state index is 12.4. The van der Waals surface area contributed by atoms with Gasteiger partial charge >= 0.3 is 0 Å². The average Bonchev–Trinajstić information content (AvgIpc) is 2.24. The maximum atomic E-state index is 12.4. The van der Waals surface area contributed by atoms with Crippen LogP contribution >= 0.6 is 0 Å². The first-order valence-corrected chi connectivity index (χ1v) is 8.52. The molecule has 4 unspecified atom stereocenters. The third kappa shape index (κ3) is 3.68. The van der Waals surface area contributed by atoms with Crippen LogP contribution in [-0.2, 0) is 9.84 Å². The van der Waals surface area contributed by atoms with E-state index in [1.807, 2.05) is 14.0 Å². The van der Waals surface area contributed by atoms with E-state index in [1.54, 1.807) is 0 Å². The smallest absolute Gasteiger partial charge is 0.154 e. The molecule has 0 radical (unpaired) electrons. The molecule has 1 N–H and O–H groups in total. The van der Waals surface area contributed by atoms with E-state index < -0.39 is 9.84 Å². The zero-order valence-electron chi connectivity index (χ0n) is 11.6. The summed E-state index contributed by atoms with van der Waals surface area (Å²) >= 11 is 0. The number of nitrogens with one attached hydrogen (secondary N) is 1. The lowest BCUT2D eigenvalue weighted by Crippen LogP contribution is -2.51. The summed E-state index contributed by atoms with van der Waals surface area (Å²) in [6, 6.07) is 0.135. The molecule has 1 rings (SSSR count). The number of hydrogen-bond donors (Lipinski definition) is 1. The Hall–Kier alpha value is -0.0900. The van der Waals surface area contributed by atoms with Crippen LogP contribution in [0.25, 0.3) is 0 Å². The van der Waals surface area contributed by atoms with Crippen LogP contribution in [0.5, 0.6) is 0 Å². The summed E-state index contributed by atoms with van der Waals surface area (Å²) in [7, 11) is -1.06. The summed E-state index contributed by atoms with van der Waals surface area (Å²) in [5.41, 5.74) is 0. The Kier molecular flexibility index (Phi) is 5.45. The van der Waals surface area contributed by atoms with E-state index in [1.165, 1.54) is 0 Å². The molecule has 17 heavy (non-hydrogen) atoms. The highest BCUT2D eigenvalue weighted by molar-refractivity contribution is 7.92. The van der Waals surface area contributed by atoms with Gasteiger partial charge in [-0.05, 0) is 38.1 Å². The number of unbranched alkanes of at least 4 members (excludes halogenated alkanes) is 1. The summed E-state index contributed by atoms with van der Waals surface area (Å²) < 4.78 is 24.8. The molecule has 0 bridgehead atoms. The molecule has 1 fully saturated rings. The van der Waals surface area contributed by atoms with Gasteiger partial charge in [-0.2, -0.15) is 0 Å². The summed E-state index contributed by atoms with van der Waals surface area (Å²) in [6.45, 7) is 6.35. The van der Waals surface area contributed by atoms with Gasteiger partial charge < -0.3 is 5.32 Å². The zero-order valence-corrected chi connectivity index (χ0v) is 12.4. The molecule has 0 aliphatic heterocycles. The zero-order chi connectivity index (χ0) is 13.1. The maximum Gasteiger partial charge on any atom is 0.154 e. The van der Waals surface area contributed by atoms with Gasteiger partial charge in [0.05, 0.1) is 11.0 Å². The van der Waals surface area contributed by atoms with Crippen molar-refractivity contribution >= 4 is 9.84 Å². The first-order chi connectivity index (χ1) is 7.92. The van der Waals surface area contributed by atoms with E-state index in [0.717, 1.165) is 25.7 Å². The van der Waals surface area contributed by atoms with Crippen LogP contribution in [0.2, 0.25) is 0 Å². The molecule has 4 heteroatoms. The van der Waals surface area contributed by atoms with Crippen molar-refractivity contribution < 1.29 is 8.42 Å². The third-order valence-corrected chi connectivity index (χ3v) is 6.44. The van der Waals surface area contributed by atoms with Crippen molar-refractivity contribution in [3.05, 3.63) is 0 Å². The Morgan fingerprint density at radius 2 is 1.88 bits per heavy atom. The van der Waals surface area contributed by atoms with E-state index >= 15 is 0 Å². The minimum Gasteiger partial charge on any atom is -0.316 e. The van der Waals surface area contributed by atoms with Gasteiger partial charge in [-0.3, -0.25) is 0 Å². The molecule has 1 aliphatic rings. The normalized spacial score (nSPS) is 34.8. The topological polar surface area (TPSA) is 46.2 Å². The summed E-state index contributed by atoms with van der Waals surface area (Å²) in [4.78, 5) is 0. The van der Waals surface area contributed by atoms with Crippen molar-refractivity contribution in [3.63, 3.8) is 0 Å². The minimum atomic E-state index is -2.94. The van der Waals surface area contributed by atoms with Crippen LogP contribution in [0.3, 0.4) is 0 Å². The number of sulfone groups is 1. The first kappa shape index (κ1) is 15.0. The Morgan fingerprint density at radius 1 is 1.24 bits per heavy atom. The van der Waals surface area contributed by atoms with Crippen molar-refractivity contribution in [3.8, 4) is 0 Å². The quantitative estimate of drug-likeness (QED) is 0.825. The van der Waals surface area contributed by atoms with E-state index in [0.29, 0.717) is 11.7 Å². The van der Waals surface area contributed by atoms with Crippen molar-refractivity contribution in [1.29, 1.82) is 0 Å². The Bertz CT molecular complexity index is 326. The van der Waals surface area contributed by atoms with Gasteiger partial charge in [-0.25, -0.2) is 8.42 Å². The largest absolute Gasteiger partial charge is 0.316 e. The van der Waals surface area contributed by atoms with Crippen LogP contribution in [0, 0.1) is 11.8 Å². The van der Waals surface area contributed by atoms with E-state index in [9.17, 15) is 8.42 Å². The van der Waals surface area contributed by atoms with Crippen LogP contribution in [-0.4, -0.2) is 32.5 Å². The second-order valence-electron chi connectivity index (χ2n) is 5.63. The van der Waals surface area contributed by atoms with Gasteiger partial charge in [0.15, 0.2) is 9.84 Å². The highest BCUT2D eigenvalue weighted by Gasteiger charge is 2.40. The molecule has 1 saturated carbocycles. The molecule has 0 aromatic carbocycles. The molecule has 1 aliphatic carbocycles. The van der Waals surface area contributed by atoms with Gasteiger partial charge in [0.25, 0.3) is 0 Å². The molecule has 0 saturated heterocycles. The van der Waals surface area contributed by atoms with Crippen LogP contribution in [0.1, 0.15) is 46.5 Å². The van der Waals surface area contributed by atoms with Gasteiger partial charge in [0.1, 0.15) is 0 Å². The van der Waals surface area contributed by atoms with Crippen molar-refractivity contribution in [2.75, 3.05) is 12.8 Å². The summed E-state index contributed by atoms with van der Waals surface area (Å²) in [5.74, 6) is 1.25. The third-order valence-electron chi connectivity index (χ3n) is 3.96.